The van der Waals surface area contributed by atoms with Crippen LogP contribution in [0.5, 0.6) is 0 Å². The fourth-order valence-corrected chi connectivity index (χ4v) is 8.65. The van der Waals surface area contributed by atoms with Gasteiger partial charge >= 0.3 is 0 Å². The predicted molar refractivity (Wildman–Crippen MR) is 226 cm³/mol. The fraction of sp³-hybridized carbons (Fsp3) is 0.0192. The molecular formula is C52H33N3O. The molecule has 0 saturated carbocycles. The van der Waals surface area contributed by atoms with Gasteiger partial charge in [-0.3, -0.25) is 0 Å². The third-order valence-corrected chi connectivity index (χ3v) is 11.3. The average molecular weight is 716 g/mol. The maximum Gasteiger partial charge on any atom is 0.164 e. The molecule has 0 bridgehead atoms. The molecule has 0 amide bonds. The van der Waals surface area contributed by atoms with Crippen molar-refractivity contribution in [1.82, 2.24) is 15.0 Å². The second kappa shape index (κ2) is 12.9. The van der Waals surface area contributed by atoms with Crippen molar-refractivity contribution in [2.75, 3.05) is 0 Å². The highest BCUT2D eigenvalue weighted by Crippen LogP contribution is 2.56. The lowest BCUT2D eigenvalue weighted by Crippen LogP contribution is -2.28. The molecule has 10 aromatic rings. The summed E-state index contributed by atoms with van der Waals surface area (Å²) in [6.07, 6.45) is 0. The van der Waals surface area contributed by atoms with Gasteiger partial charge in [0.05, 0.1) is 5.41 Å². The summed E-state index contributed by atoms with van der Waals surface area (Å²) in [6, 6.07) is 70.5. The number of benzene rings is 8. The number of para-hydroxylation sites is 1. The van der Waals surface area contributed by atoms with E-state index in [2.05, 4.69) is 152 Å². The lowest BCUT2D eigenvalue weighted by Gasteiger charge is -2.34. The number of nitrogens with zero attached hydrogens (tertiary/aromatic N) is 3. The van der Waals surface area contributed by atoms with Crippen LogP contribution < -0.4 is 0 Å². The van der Waals surface area contributed by atoms with Crippen LogP contribution in [0.2, 0.25) is 0 Å². The summed E-state index contributed by atoms with van der Waals surface area (Å²) >= 11 is 0. The SMILES string of the molecule is c1ccc(-c2ccc(-c3nc(-c4ccccc4)nc(-c4ccc(C5(c6ccc7oc8ccccc8c7c6)c6ccccc6-c6ccccc65)cc4)n3)cc2)cc1. The Bertz CT molecular complexity index is 3010. The van der Waals surface area contributed by atoms with E-state index in [1.54, 1.807) is 0 Å². The Morgan fingerprint density at radius 1 is 0.321 bits per heavy atom. The van der Waals surface area contributed by atoms with Gasteiger partial charge in [-0.15, -0.1) is 0 Å². The third kappa shape index (κ3) is 5.04. The van der Waals surface area contributed by atoms with Crippen molar-refractivity contribution in [2.45, 2.75) is 5.41 Å². The number of hydrogen-bond donors (Lipinski definition) is 0. The number of hydrogen-bond acceptors (Lipinski definition) is 4. The van der Waals surface area contributed by atoms with Crippen LogP contribution in [-0.2, 0) is 5.41 Å². The number of aromatic nitrogens is 3. The molecule has 0 radical (unpaired) electrons. The van der Waals surface area contributed by atoms with Crippen LogP contribution in [0.1, 0.15) is 22.3 Å². The lowest BCUT2D eigenvalue weighted by molar-refractivity contribution is 0.668. The van der Waals surface area contributed by atoms with E-state index in [1.165, 1.54) is 38.9 Å². The van der Waals surface area contributed by atoms with E-state index in [9.17, 15) is 0 Å². The van der Waals surface area contributed by atoms with Gasteiger partial charge in [0.15, 0.2) is 17.5 Å². The lowest BCUT2D eigenvalue weighted by atomic mass is 9.67. The molecule has 4 nitrogen and oxygen atoms in total. The van der Waals surface area contributed by atoms with Crippen molar-refractivity contribution in [3.63, 3.8) is 0 Å². The Morgan fingerprint density at radius 3 is 1.38 bits per heavy atom. The molecule has 11 rings (SSSR count). The minimum absolute atomic E-state index is 0.571. The summed E-state index contributed by atoms with van der Waals surface area (Å²) < 4.78 is 6.30. The van der Waals surface area contributed by atoms with Crippen molar-refractivity contribution in [2.24, 2.45) is 0 Å². The Hall–Kier alpha value is -7.43. The van der Waals surface area contributed by atoms with Crippen LogP contribution in [0.25, 0.3) is 78.4 Å². The van der Waals surface area contributed by atoms with Crippen LogP contribution in [0.15, 0.2) is 205 Å². The largest absolute Gasteiger partial charge is 0.456 e. The second-order valence-electron chi connectivity index (χ2n) is 14.3. The zero-order valence-corrected chi connectivity index (χ0v) is 30.3. The quantitative estimate of drug-likeness (QED) is 0.172. The van der Waals surface area contributed by atoms with Crippen molar-refractivity contribution in [3.8, 4) is 56.4 Å². The molecule has 0 saturated heterocycles. The highest BCUT2D eigenvalue weighted by molar-refractivity contribution is 6.05. The van der Waals surface area contributed by atoms with Gasteiger partial charge in [-0.25, -0.2) is 15.0 Å². The summed E-state index contributed by atoms with van der Waals surface area (Å²) in [4.78, 5) is 15.2. The minimum atomic E-state index is -0.571. The summed E-state index contributed by atoms with van der Waals surface area (Å²) in [5.74, 6) is 1.89. The van der Waals surface area contributed by atoms with Gasteiger partial charge in [-0.05, 0) is 62.7 Å². The second-order valence-corrected chi connectivity index (χ2v) is 14.3. The van der Waals surface area contributed by atoms with Gasteiger partial charge in [-0.2, -0.15) is 0 Å². The first-order valence-corrected chi connectivity index (χ1v) is 18.9. The third-order valence-electron chi connectivity index (χ3n) is 11.3. The average Bonchev–Trinajstić information content (AvgIpc) is 3.81. The van der Waals surface area contributed by atoms with Crippen LogP contribution >= 0.6 is 0 Å². The maximum atomic E-state index is 6.30. The smallest absolute Gasteiger partial charge is 0.164 e. The van der Waals surface area contributed by atoms with E-state index in [0.29, 0.717) is 17.5 Å². The zero-order chi connectivity index (χ0) is 37.1. The molecule has 1 aliphatic rings. The number of rotatable bonds is 6. The standard InChI is InChI=1S/C52H33N3O/c1-3-13-34(14-4-1)35-23-25-37(26-24-35)50-53-49(36-15-5-2-6-16-36)54-51(55-50)38-27-29-39(30-28-38)52(45-20-10-7-17-41(45)42-18-8-11-21-46(42)52)40-31-32-48-44(33-40)43-19-9-12-22-47(43)56-48/h1-33H. The highest BCUT2D eigenvalue weighted by atomic mass is 16.3. The van der Waals surface area contributed by atoms with Crippen molar-refractivity contribution < 1.29 is 4.42 Å². The van der Waals surface area contributed by atoms with Crippen LogP contribution in [0.4, 0.5) is 0 Å². The summed E-state index contributed by atoms with van der Waals surface area (Å²) in [6.45, 7) is 0. The highest BCUT2D eigenvalue weighted by Gasteiger charge is 2.46. The van der Waals surface area contributed by atoms with Gasteiger partial charge in [0.2, 0.25) is 0 Å². The van der Waals surface area contributed by atoms with Gasteiger partial charge in [-0.1, -0.05) is 182 Å². The van der Waals surface area contributed by atoms with Crippen molar-refractivity contribution in [3.05, 3.63) is 222 Å². The summed E-state index contributed by atoms with van der Waals surface area (Å²) in [7, 11) is 0. The topological polar surface area (TPSA) is 51.8 Å². The Kier molecular flexibility index (Phi) is 7.36. The fourth-order valence-electron chi connectivity index (χ4n) is 8.65. The minimum Gasteiger partial charge on any atom is -0.456 e. The molecule has 1 aliphatic carbocycles. The molecule has 8 aromatic carbocycles. The molecule has 4 heteroatoms. The zero-order valence-electron chi connectivity index (χ0n) is 30.3. The van der Waals surface area contributed by atoms with Crippen LogP contribution in [0, 0.1) is 0 Å². The van der Waals surface area contributed by atoms with Gasteiger partial charge in [0, 0.05) is 27.5 Å². The van der Waals surface area contributed by atoms with E-state index >= 15 is 0 Å². The molecule has 56 heavy (non-hydrogen) atoms. The molecule has 0 aliphatic heterocycles. The molecule has 0 unspecified atom stereocenters. The predicted octanol–water partition coefficient (Wildman–Crippen LogP) is 12.8. The first-order chi connectivity index (χ1) is 27.7. The molecule has 0 atom stereocenters. The Balaban J connectivity index is 1.08. The molecule has 262 valence electrons. The molecule has 2 heterocycles. The first kappa shape index (κ1) is 32.0. The van der Waals surface area contributed by atoms with E-state index in [1.807, 2.05) is 48.5 Å². The summed E-state index contributed by atoms with van der Waals surface area (Å²) in [5, 5.41) is 2.22. The molecule has 2 aromatic heterocycles. The Labute approximate surface area is 324 Å². The molecule has 0 fully saturated rings. The normalized spacial score (nSPS) is 12.8. The van der Waals surface area contributed by atoms with E-state index in [0.717, 1.165) is 44.2 Å². The monoisotopic (exact) mass is 715 g/mol. The number of furan rings is 1. The number of fused-ring (bicyclic) bond motifs is 6. The molecular weight excluding hydrogens is 683 g/mol. The molecule has 0 spiro atoms. The van der Waals surface area contributed by atoms with Crippen molar-refractivity contribution in [1.29, 1.82) is 0 Å². The van der Waals surface area contributed by atoms with Gasteiger partial charge < -0.3 is 4.42 Å². The molecule has 0 N–H and O–H groups in total. The van der Waals surface area contributed by atoms with Gasteiger partial charge in [0.25, 0.3) is 0 Å². The van der Waals surface area contributed by atoms with Crippen LogP contribution in [-0.4, -0.2) is 15.0 Å². The summed E-state index contributed by atoms with van der Waals surface area (Å²) in [5.41, 5.74) is 13.7. The first-order valence-electron chi connectivity index (χ1n) is 18.9. The maximum absolute atomic E-state index is 6.30. The Morgan fingerprint density at radius 2 is 0.750 bits per heavy atom. The van der Waals surface area contributed by atoms with Crippen LogP contribution in [0.3, 0.4) is 0 Å². The van der Waals surface area contributed by atoms with E-state index in [4.69, 9.17) is 19.4 Å². The van der Waals surface area contributed by atoms with Crippen molar-refractivity contribution >= 4 is 21.9 Å². The van der Waals surface area contributed by atoms with E-state index in [-0.39, 0.29) is 0 Å². The van der Waals surface area contributed by atoms with E-state index < -0.39 is 5.41 Å². The van der Waals surface area contributed by atoms with Gasteiger partial charge in [0.1, 0.15) is 11.2 Å².